The molecule has 0 aliphatic rings. The van der Waals surface area contributed by atoms with E-state index in [1.54, 1.807) is 25.1 Å². The normalized spacial score (nSPS) is 11.3. The Hall–Kier alpha value is -2.10. The summed E-state index contributed by atoms with van der Waals surface area (Å²) in [7, 11) is 0. The number of nitrogens with zero attached hydrogens (tertiary/aromatic N) is 1. The number of rotatable bonds is 2. The summed E-state index contributed by atoms with van der Waals surface area (Å²) in [5, 5.41) is 8.47. The van der Waals surface area contributed by atoms with Gasteiger partial charge in [0.1, 0.15) is 5.52 Å². The zero-order chi connectivity index (χ0) is 10.8. The van der Waals surface area contributed by atoms with Crippen LogP contribution in [0.15, 0.2) is 28.7 Å². The van der Waals surface area contributed by atoms with E-state index in [1.807, 2.05) is 0 Å². The molecular formula is C11H9NO3. The minimum absolute atomic E-state index is 0.601. The number of aliphatic carboxylic acids is 1. The number of fused-ring (bicyclic) bond motifs is 1. The van der Waals surface area contributed by atoms with E-state index in [1.165, 1.54) is 6.08 Å². The lowest BCUT2D eigenvalue weighted by molar-refractivity contribution is -0.131. The van der Waals surface area contributed by atoms with Gasteiger partial charge in [-0.25, -0.2) is 9.78 Å². The number of oxazole rings is 1. The van der Waals surface area contributed by atoms with E-state index < -0.39 is 5.97 Å². The van der Waals surface area contributed by atoms with Crippen molar-refractivity contribution in [1.29, 1.82) is 0 Å². The number of carboxylic acids is 1. The van der Waals surface area contributed by atoms with Crippen LogP contribution in [0.1, 0.15) is 11.5 Å². The van der Waals surface area contributed by atoms with E-state index in [-0.39, 0.29) is 0 Å². The predicted octanol–water partition coefficient (Wildman–Crippen LogP) is 2.23. The van der Waals surface area contributed by atoms with Crippen LogP contribution in [0.3, 0.4) is 0 Å². The first-order valence-electron chi connectivity index (χ1n) is 4.43. The first-order chi connectivity index (χ1) is 7.15. The van der Waals surface area contributed by atoms with Crippen molar-refractivity contribution in [3.8, 4) is 0 Å². The van der Waals surface area contributed by atoms with Crippen molar-refractivity contribution in [2.75, 3.05) is 0 Å². The molecule has 0 amide bonds. The van der Waals surface area contributed by atoms with Gasteiger partial charge in [0.2, 0.25) is 0 Å². The maximum atomic E-state index is 10.3. The summed E-state index contributed by atoms with van der Waals surface area (Å²) in [6, 6.07) is 5.35. The van der Waals surface area contributed by atoms with Gasteiger partial charge < -0.3 is 9.52 Å². The lowest BCUT2D eigenvalue weighted by atomic mass is 10.2. The highest BCUT2D eigenvalue weighted by Gasteiger charge is 2.01. The van der Waals surface area contributed by atoms with Crippen molar-refractivity contribution in [2.45, 2.75) is 6.92 Å². The van der Waals surface area contributed by atoms with E-state index in [4.69, 9.17) is 9.52 Å². The zero-order valence-corrected chi connectivity index (χ0v) is 8.10. The summed E-state index contributed by atoms with van der Waals surface area (Å²) in [4.78, 5) is 14.5. The predicted molar refractivity (Wildman–Crippen MR) is 55.4 cm³/mol. The van der Waals surface area contributed by atoms with E-state index in [0.717, 1.165) is 17.2 Å². The number of hydrogen-bond donors (Lipinski definition) is 1. The molecule has 0 aliphatic heterocycles. The monoisotopic (exact) mass is 203 g/mol. The Morgan fingerprint density at radius 3 is 3.07 bits per heavy atom. The molecule has 4 nitrogen and oxygen atoms in total. The second-order valence-corrected chi connectivity index (χ2v) is 3.13. The average molecular weight is 203 g/mol. The van der Waals surface area contributed by atoms with Gasteiger partial charge >= 0.3 is 5.97 Å². The third kappa shape index (κ3) is 2.04. The maximum absolute atomic E-state index is 10.3. The van der Waals surface area contributed by atoms with Crippen molar-refractivity contribution in [3.05, 3.63) is 35.7 Å². The number of carbonyl (C=O) groups is 1. The molecule has 0 aliphatic carbocycles. The molecule has 0 bridgehead atoms. The number of aryl methyl sites for hydroxylation is 1. The molecule has 0 saturated heterocycles. The Morgan fingerprint density at radius 2 is 2.33 bits per heavy atom. The Balaban J connectivity index is 2.42. The fourth-order valence-electron chi connectivity index (χ4n) is 1.33. The molecule has 4 heteroatoms. The fraction of sp³-hybridized carbons (Fsp3) is 0.0909. The first kappa shape index (κ1) is 9.45. The summed E-state index contributed by atoms with van der Waals surface area (Å²) < 4.78 is 5.32. The Labute approximate surface area is 85.9 Å². The molecule has 0 spiro atoms. The molecule has 0 radical (unpaired) electrons. The number of carboxylic acid groups (broad SMARTS) is 1. The van der Waals surface area contributed by atoms with Crippen LogP contribution < -0.4 is 0 Å². The quantitative estimate of drug-likeness (QED) is 0.760. The summed E-state index contributed by atoms with van der Waals surface area (Å²) in [5.41, 5.74) is 2.22. The lowest BCUT2D eigenvalue weighted by Crippen LogP contribution is -1.85. The van der Waals surface area contributed by atoms with Gasteiger partial charge in [0, 0.05) is 13.0 Å². The average Bonchev–Trinajstić information content (AvgIpc) is 2.53. The first-order valence-corrected chi connectivity index (χ1v) is 4.43. The molecule has 76 valence electrons. The van der Waals surface area contributed by atoms with Gasteiger partial charge in [0.05, 0.1) is 0 Å². The zero-order valence-electron chi connectivity index (χ0n) is 8.10. The molecule has 0 atom stereocenters. The second kappa shape index (κ2) is 3.57. The largest absolute Gasteiger partial charge is 0.478 e. The Bertz CT molecular complexity index is 540. The number of hydrogen-bond acceptors (Lipinski definition) is 3. The van der Waals surface area contributed by atoms with E-state index in [2.05, 4.69) is 4.98 Å². The van der Waals surface area contributed by atoms with Gasteiger partial charge in [0.25, 0.3) is 0 Å². The minimum Gasteiger partial charge on any atom is -0.478 e. The smallest absolute Gasteiger partial charge is 0.328 e. The molecule has 0 saturated carbocycles. The van der Waals surface area contributed by atoms with Crippen LogP contribution in [-0.2, 0) is 4.79 Å². The van der Waals surface area contributed by atoms with Crippen LogP contribution in [0.5, 0.6) is 0 Å². The topological polar surface area (TPSA) is 63.3 Å². The minimum atomic E-state index is -0.969. The molecule has 0 unspecified atom stereocenters. The standard InChI is InChI=1S/C11H9NO3/c1-7-12-9-4-2-8(3-5-11(13)14)6-10(9)15-7/h2-6H,1H3,(H,13,14). The van der Waals surface area contributed by atoms with Crippen molar-refractivity contribution >= 4 is 23.1 Å². The Morgan fingerprint density at radius 1 is 1.53 bits per heavy atom. The van der Waals surface area contributed by atoms with Gasteiger partial charge in [-0.1, -0.05) is 6.07 Å². The molecule has 1 N–H and O–H groups in total. The molecule has 2 aromatic rings. The van der Waals surface area contributed by atoms with Crippen molar-refractivity contribution in [3.63, 3.8) is 0 Å². The molecule has 1 aromatic carbocycles. The molecular weight excluding hydrogens is 194 g/mol. The van der Waals surface area contributed by atoms with Crippen molar-refractivity contribution in [1.82, 2.24) is 4.98 Å². The number of benzene rings is 1. The van der Waals surface area contributed by atoms with Gasteiger partial charge in [-0.15, -0.1) is 0 Å². The van der Waals surface area contributed by atoms with Gasteiger partial charge in [-0.2, -0.15) is 0 Å². The van der Waals surface area contributed by atoms with Crippen LogP contribution in [0.4, 0.5) is 0 Å². The van der Waals surface area contributed by atoms with E-state index >= 15 is 0 Å². The van der Waals surface area contributed by atoms with Crippen LogP contribution in [0.25, 0.3) is 17.2 Å². The maximum Gasteiger partial charge on any atom is 0.328 e. The lowest BCUT2D eigenvalue weighted by Gasteiger charge is -1.91. The Kier molecular flexibility index (Phi) is 2.25. The summed E-state index contributed by atoms with van der Waals surface area (Å²) in [6.07, 6.45) is 2.60. The third-order valence-electron chi connectivity index (χ3n) is 1.94. The van der Waals surface area contributed by atoms with Gasteiger partial charge in [-0.05, 0) is 23.8 Å². The highest BCUT2D eigenvalue weighted by atomic mass is 16.4. The highest BCUT2D eigenvalue weighted by Crippen LogP contribution is 2.17. The van der Waals surface area contributed by atoms with Crippen LogP contribution >= 0.6 is 0 Å². The van der Waals surface area contributed by atoms with E-state index in [0.29, 0.717) is 11.5 Å². The number of aromatic nitrogens is 1. The van der Waals surface area contributed by atoms with Crippen molar-refractivity contribution < 1.29 is 14.3 Å². The van der Waals surface area contributed by atoms with E-state index in [9.17, 15) is 4.79 Å². The third-order valence-corrected chi connectivity index (χ3v) is 1.94. The molecule has 15 heavy (non-hydrogen) atoms. The van der Waals surface area contributed by atoms with Crippen LogP contribution in [0, 0.1) is 6.92 Å². The second-order valence-electron chi connectivity index (χ2n) is 3.13. The summed E-state index contributed by atoms with van der Waals surface area (Å²) in [5.74, 6) is -0.367. The van der Waals surface area contributed by atoms with Crippen molar-refractivity contribution in [2.24, 2.45) is 0 Å². The fourth-order valence-corrected chi connectivity index (χ4v) is 1.33. The summed E-state index contributed by atoms with van der Waals surface area (Å²) >= 11 is 0. The molecule has 2 rings (SSSR count). The molecule has 1 aromatic heterocycles. The highest BCUT2D eigenvalue weighted by molar-refractivity contribution is 5.86. The molecule has 1 heterocycles. The van der Waals surface area contributed by atoms with Gasteiger partial charge in [-0.3, -0.25) is 0 Å². The van der Waals surface area contributed by atoms with Crippen LogP contribution in [-0.4, -0.2) is 16.1 Å². The molecule has 0 fully saturated rings. The van der Waals surface area contributed by atoms with Gasteiger partial charge in [0.15, 0.2) is 11.5 Å². The SMILES string of the molecule is Cc1nc2ccc(C=CC(=O)O)cc2o1. The summed E-state index contributed by atoms with van der Waals surface area (Å²) in [6.45, 7) is 1.77. The van der Waals surface area contributed by atoms with Crippen LogP contribution in [0.2, 0.25) is 0 Å².